The number of hydrogen-bond donors (Lipinski definition) is 1. The maximum atomic E-state index is 13.2. The van der Waals surface area contributed by atoms with Gasteiger partial charge in [-0.2, -0.15) is 0 Å². The van der Waals surface area contributed by atoms with Crippen molar-refractivity contribution in [1.82, 2.24) is 0 Å². The van der Waals surface area contributed by atoms with Gasteiger partial charge >= 0.3 is 0 Å². The van der Waals surface area contributed by atoms with E-state index in [1.165, 1.54) is 0 Å². The second-order valence-electron chi connectivity index (χ2n) is 3.77. The van der Waals surface area contributed by atoms with Crippen LogP contribution in [0.4, 0.5) is 13.2 Å². The second-order valence-corrected chi connectivity index (χ2v) is 3.77. The zero-order valence-electron chi connectivity index (χ0n) is 7.52. The largest absolute Gasteiger partial charge is 0.385 e. The average molecular weight is 202 g/mol. The molecule has 1 N–H and O–H groups in total. The van der Waals surface area contributed by atoms with Gasteiger partial charge in [-0.25, -0.2) is 13.2 Å². The van der Waals surface area contributed by atoms with Gasteiger partial charge in [0.2, 0.25) is 0 Å². The summed E-state index contributed by atoms with van der Waals surface area (Å²) in [4.78, 5) is 0. The molecule has 1 aromatic carbocycles. The Morgan fingerprint density at radius 1 is 1.29 bits per heavy atom. The van der Waals surface area contributed by atoms with Crippen molar-refractivity contribution < 1.29 is 18.3 Å². The number of halogens is 3. The molecule has 0 heterocycles. The van der Waals surface area contributed by atoms with Crippen LogP contribution in [-0.2, 0) is 5.60 Å². The van der Waals surface area contributed by atoms with E-state index < -0.39 is 28.6 Å². The monoisotopic (exact) mass is 202 g/mol. The molecule has 14 heavy (non-hydrogen) atoms. The van der Waals surface area contributed by atoms with Crippen LogP contribution in [-0.4, -0.2) is 5.11 Å². The lowest BCUT2D eigenvalue weighted by Crippen LogP contribution is -2.13. The summed E-state index contributed by atoms with van der Waals surface area (Å²) in [6, 6.07) is 1.17. The quantitative estimate of drug-likeness (QED) is 0.741. The Kier molecular flexibility index (Phi) is 1.86. The van der Waals surface area contributed by atoms with Gasteiger partial charge in [0.25, 0.3) is 0 Å². The van der Waals surface area contributed by atoms with Gasteiger partial charge in [-0.15, -0.1) is 0 Å². The molecule has 2 unspecified atom stereocenters. The van der Waals surface area contributed by atoms with Gasteiger partial charge in [-0.1, -0.05) is 6.92 Å². The van der Waals surface area contributed by atoms with E-state index in [9.17, 15) is 18.3 Å². The Morgan fingerprint density at radius 3 is 2.07 bits per heavy atom. The predicted octanol–water partition coefficient (Wildman–Crippen LogP) is 2.33. The molecule has 1 saturated carbocycles. The number of benzene rings is 1. The van der Waals surface area contributed by atoms with E-state index in [0.29, 0.717) is 18.6 Å². The normalized spacial score (nSPS) is 30.5. The van der Waals surface area contributed by atoms with Crippen LogP contribution in [0.25, 0.3) is 0 Å². The van der Waals surface area contributed by atoms with Gasteiger partial charge in [-0.05, 0) is 12.3 Å². The molecule has 0 saturated heterocycles. The minimum atomic E-state index is -1.44. The first-order chi connectivity index (χ1) is 6.45. The van der Waals surface area contributed by atoms with Crippen LogP contribution in [0.3, 0.4) is 0 Å². The topological polar surface area (TPSA) is 20.2 Å². The van der Waals surface area contributed by atoms with Crippen molar-refractivity contribution in [3.05, 3.63) is 35.1 Å². The summed E-state index contributed by atoms with van der Waals surface area (Å²) in [5.74, 6) is -3.19. The third-order valence-electron chi connectivity index (χ3n) is 2.71. The molecule has 2 atom stereocenters. The van der Waals surface area contributed by atoms with Crippen LogP contribution in [0, 0.1) is 23.4 Å². The molecule has 0 radical (unpaired) electrons. The van der Waals surface area contributed by atoms with Crippen molar-refractivity contribution in [3.8, 4) is 0 Å². The Bertz CT molecular complexity index is 368. The van der Waals surface area contributed by atoms with Crippen molar-refractivity contribution in [3.63, 3.8) is 0 Å². The minimum absolute atomic E-state index is 0.183. The molecule has 1 nitrogen and oxygen atoms in total. The van der Waals surface area contributed by atoms with Gasteiger partial charge in [-0.3, -0.25) is 0 Å². The van der Waals surface area contributed by atoms with Crippen LogP contribution in [0.15, 0.2) is 12.1 Å². The molecule has 1 aliphatic rings. The van der Waals surface area contributed by atoms with Crippen molar-refractivity contribution in [1.29, 1.82) is 0 Å². The fourth-order valence-corrected chi connectivity index (χ4v) is 1.71. The molecule has 0 aliphatic heterocycles. The molecule has 0 aromatic heterocycles. The van der Waals surface area contributed by atoms with E-state index in [-0.39, 0.29) is 5.92 Å². The van der Waals surface area contributed by atoms with E-state index in [1.807, 2.05) is 0 Å². The lowest BCUT2D eigenvalue weighted by Gasteiger charge is -2.11. The van der Waals surface area contributed by atoms with Gasteiger partial charge in [0.05, 0.1) is 11.2 Å². The fraction of sp³-hybridized carbons (Fsp3) is 0.400. The fourth-order valence-electron chi connectivity index (χ4n) is 1.71. The Hall–Kier alpha value is -1.03. The highest BCUT2D eigenvalue weighted by Crippen LogP contribution is 2.52. The zero-order chi connectivity index (χ0) is 10.5. The zero-order valence-corrected chi connectivity index (χ0v) is 7.52. The van der Waals surface area contributed by atoms with Gasteiger partial charge in [0.15, 0.2) is 0 Å². The molecule has 0 spiro atoms. The second kappa shape index (κ2) is 2.73. The molecule has 76 valence electrons. The Labute approximate surface area is 79.2 Å². The summed E-state index contributed by atoms with van der Waals surface area (Å²) in [6.07, 6.45) is 0.312. The molecule has 4 heteroatoms. The highest BCUT2D eigenvalue weighted by atomic mass is 19.1. The SMILES string of the molecule is CC1CC1(O)c1c(F)cc(F)cc1F. The molecular formula is C10H9F3O. The number of aliphatic hydroxyl groups is 1. The van der Waals surface area contributed by atoms with Gasteiger partial charge < -0.3 is 5.11 Å². The molecule has 2 rings (SSSR count). The lowest BCUT2D eigenvalue weighted by atomic mass is 10.0. The maximum Gasteiger partial charge on any atom is 0.135 e. The van der Waals surface area contributed by atoms with Crippen LogP contribution >= 0.6 is 0 Å². The highest BCUT2D eigenvalue weighted by Gasteiger charge is 2.54. The summed E-state index contributed by atoms with van der Waals surface area (Å²) in [7, 11) is 0. The predicted molar refractivity (Wildman–Crippen MR) is 44.0 cm³/mol. The third-order valence-corrected chi connectivity index (χ3v) is 2.71. The first-order valence-electron chi connectivity index (χ1n) is 4.32. The molecule has 0 bridgehead atoms. The summed E-state index contributed by atoms with van der Waals surface area (Å²) >= 11 is 0. The summed E-state index contributed by atoms with van der Waals surface area (Å²) in [5, 5.41) is 9.72. The summed E-state index contributed by atoms with van der Waals surface area (Å²) < 4.78 is 38.9. The Balaban J connectivity index is 2.54. The maximum absolute atomic E-state index is 13.2. The van der Waals surface area contributed by atoms with Gasteiger partial charge in [0.1, 0.15) is 17.5 Å². The van der Waals surface area contributed by atoms with E-state index in [4.69, 9.17) is 0 Å². The molecule has 0 amide bonds. The minimum Gasteiger partial charge on any atom is -0.385 e. The summed E-state index contributed by atoms with van der Waals surface area (Å²) in [6.45, 7) is 1.68. The molecular weight excluding hydrogens is 193 g/mol. The van der Waals surface area contributed by atoms with Crippen molar-refractivity contribution >= 4 is 0 Å². The van der Waals surface area contributed by atoms with Crippen LogP contribution in [0.1, 0.15) is 18.9 Å². The first-order valence-corrected chi connectivity index (χ1v) is 4.32. The first kappa shape index (κ1) is 9.52. The highest BCUT2D eigenvalue weighted by molar-refractivity contribution is 5.32. The van der Waals surface area contributed by atoms with Crippen molar-refractivity contribution in [2.75, 3.05) is 0 Å². The average Bonchev–Trinajstić information content (AvgIpc) is 2.56. The van der Waals surface area contributed by atoms with Crippen molar-refractivity contribution in [2.45, 2.75) is 18.9 Å². The third kappa shape index (κ3) is 1.21. The van der Waals surface area contributed by atoms with E-state index in [1.54, 1.807) is 6.92 Å². The molecule has 1 aromatic rings. The smallest absolute Gasteiger partial charge is 0.135 e. The van der Waals surface area contributed by atoms with Crippen LogP contribution < -0.4 is 0 Å². The van der Waals surface area contributed by atoms with Crippen LogP contribution in [0.5, 0.6) is 0 Å². The van der Waals surface area contributed by atoms with Crippen LogP contribution in [0.2, 0.25) is 0 Å². The summed E-state index contributed by atoms with van der Waals surface area (Å²) in [5.41, 5.74) is -1.85. The Morgan fingerprint density at radius 2 is 1.71 bits per heavy atom. The van der Waals surface area contributed by atoms with E-state index in [2.05, 4.69) is 0 Å². The molecule has 1 aliphatic carbocycles. The van der Waals surface area contributed by atoms with E-state index in [0.717, 1.165) is 0 Å². The standard InChI is InChI=1S/C10H9F3O/c1-5-4-10(5,14)9-7(12)2-6(11)3-8(9)13/h2-3,5,14H,4H2,1H3. The van der Waals surface area contributed by atoms with Crippen molar-refractivity contribution in [2.24, 2.45) is 5.92 Å². The number of hydrogen-bond acceptors (Lipinski definition) is 1. The number of rotatable bonds is 1. The van der Waals surface area contributed by atoms with Gasteiger partial charge in [0, 0.05) is 12.1 Å². The van der Waals surface area contributed by atoms with E-state index >= 15 is 0 Å². The lowest BCUT2D eigenvalue weighted by molar-refractivity contribution is 0.125. The molecule has 1 fully saturated rings.